The molecule has 1 amide bonds. The number of H-pyrrole nitrogens is 1. The number of hydrogen-bond donors (Lipinski definition) is 3. The summed E-state index contributed by atoms with van der Waals surface area (Å²) in [6.45, 7) is 3.70. The van der Waals surface area contributed by atoms with Crippen LogP contribution >= 0.6 is 0 Å². The molecule has 1 aromatic rings. The first-order valence-electron chi connectivity index (χ1n) is 6.42. The number of nitrogens with one attached hydrogen (secondary N) is 2. The predicted octanol–water partition coefficient (Wildman–Crippen LogP) is 0.769. The fraction of sp³-hybridized carbons (Fsp3) is 0.667. The fourth-order valence-corrected chi connectivity index (χ4v) is 1.81. The highest BCUT2D eigenvalue weighted by atomic mass is 16.4. The second kappa shape index (κ2) is 5.38. The summed E-state index contributed by atoms with van der Waals surface area (Å²) in [6.07, 6.45) is 2.15. The zero-order chi connectivity index (χ0) is 14.0. The number of amides is 1. The summed E-state index contributed by atoms with van der Waals surface area (Å²) in [7, 11) is 0. The standard InChI is InChI=1S/C12H18N4O3/c1-6(2)8(12(18)19)5-13-11(17)10-14-9(15-16-10)7-3-4-7/h6-8H,3-5H2,1-2H3,(H,13,17)(H,18,19)(H,14,15,16). The van der Waals surface area contributed by atoms with Gasteiger partial charge in [0.05, 0.1) is 5.92 Å². The van der Waals surface area contributed by atoms with Crippen molar-refractivity contribution >= 4 is 11.9 Å². The van der Waals surface area contributed by atoms with Crippen LogP contribution in [0.1, 0.15) is 49.1 Å². The summed E-state index contributed by atoms with van der Waals surface area (Å²) in [5, 5.41) is 18.2. The van der Waals surface area contributed by atoms with Crippen LogP contribution in [0.3, 0.4) is 0 Å². The molecule has 1 aliphatic carbocycles. The van der Waals surface area contributed by atoms with Gasteiger partial charge in [-0.05, 0) is 18.8 Å². The summed E-state index contributed by atoms with van der Waals surface area (Å²) in [5.74, 6) is -0.785. The molecule has 0 radical (unpaired) electrons. The molecule has 1 aromatic heterocycles. The maximum Gasteiger partial charge on any atom is 0.308 e. The van der Waals surface area contributed by atoms with Gasteiger partial charge in [0.25, 0.3) is 5.91 Å². The zero-order valence-electron chi connectivity index (χ0n) is 11.0. The van der Waals surface area contributed by atoms with Crippen LogP contribution in [0.25, 0.3) is 0 Å². The van der Waals surface area contributed by atoms with Gasteiger partial charge in [-0.1, -0.05) is 13.8 Å². The molecule has 2 rings (SSSR count). The van der Waals surface area contributed by atoms with Gasteiger partial charge in [-0.3, -0.25) is 14.7 Å². The van der Waals surface area contributed by atoms with Crippen LogP contribution in [-0.4, -0.2) is 38.7 Å². The van der Waals surface area contributed by atoms with Crippen molar-refractivity contribution in [3.63, 3.8) is 0 Å². The molecule has 1 unspecified atom stereocenters. The number of carbonyl (C=O) groups excluding carboxylic acids is 1. The molecular formula is C12H18N4O3. The molecule has 1 heterocycles. The first-order chi connectivity index (χ1) is 8.99. The Balaban J connectivity index is 1.90. The molecule has 1 atom stereocenters. The first-order valence-corrected chi connectivity index (χ1v) is 6.42. The van der Waals surface area contributed by atoms with E-state index in [1.165, 1.54) is 0 Å². The smallest absolute Gasteiger partial charge is 0.308 e. The van der Waals surface area contributed by atoms with Gasteiger partial charge in [-0.15, -0.1) is 5.10 Å². The highest BCUT2D eigenvalue weighted by Gasteiger charge is 2.28. The third kappa shape index (κ3) is 3.30. The Hall–Kier alpha value is -1.92. The minimum atomic E-state index is -0.913. The van der Waals surface area contributed by atoms with Crippen molar-refractivity contribution in [2.24, 2.45) is 11.8 Å². The van der Waals surface area contributed by atoms with Crippen LogP contribution in [0.2, 0.25) is 0 Å². The van der Waals surface area contributed by atoms with Crippen LogP contribution in [0.4, 0.5) is 0 Å². The largest absolute Gasteiger partial charge is 0.481 e. The molecule has 0 aromatic carbocycles. The van der Waals surface area contributed by atoms with Crippen molar-refractivity contribution in [1.82, 2.24) is 20.5 Å². The monoisotopic (exact) mass is 266 g/mol. The van der Waals surface area contributed by atoms with Crippen molar-refractivity contribution in [2.45, 2.75) is 32.6 Å². The lowest BCUT2D eigenvalue weighted by molar-refractivity contribution is -0.142. The number of hydrogen-bond acceptors (Lipinski definition) is 4. The molecule has 3 N–H and O–H groups in total. The first kappa shape index (κ1) is 13.5. The van der Waals surface area contributed by atoms with Crippen molar-refractivity contribution in [1.29, 1.82) is 0 Å². The number of aromatic nitrogens is 3. The van der Waals surface area contributed by atoms with Crippen molar-refractivity contribution < 1.29 is 14.7 Å². The van der Waals surface area contributed by atoms with E-state index in [-0.39, 0.29) is 18.3 Å². The van der Waals surface area contributed by atoms with Crippen LogP contribution in [0.15, 0.2) is 0 Å². The Bertz CT molecular complexity index is 479. The summed E-state index contributed by atoms with van der Waals surface area (Å²) in [4.78, 5) is 26.9. The molecule has 7 heteroatoms. The Morgan fingerprint density at radius 2 is 2.16 bits per heavy atom. The van der Waals surface area contributed by atoms with E-state index in [1.807, 2.05) is 13.8 Å². The molecule has 1 aliphatic rings. The third-order valence-corrected chi connectivity index (χ3v) is 3.27. The molecule has 0 bridgehead atoms. The molecule has 7 nitrogen and oxygen atoms in total. The number of carboxylic acid groups (broad SMARTS) is 1. The van der Waals surface area contributed by atoms with E-state index in [4.69, 9.17) is 5.11 Å². The SMILES string of the molecule is CC(C)C(CNC(=O)c1n[nH]c(C2CC2)n1)C(=O)O. The van der Waals surface area contributed by atoms with Crippen molar-refractivity contribution in [3.8, 4) is 0 Å². The Kier molecular flexibility index (Phi) is 3.82. The van der Waals surface area contributed by atoms with Crippen molar-refractivity contribution in [2.75, 3.05) is 6.54 Å². The van der Waals surface area contributed by atoms with Gasteiger partial charge in [0, 0.05) is 12.5 Å². The van der Waals surface area contributed by atoms with Crippen molar-refractivity contribution in [3.05, 3.63) is 11.6 Å². The fourth-order valence-electron chi connectivity index (χ4n) is 1.81. The number of nitrogens with zero attached hydrogens (tertiary/aromatic N) is 2. The van der Waals surface area contributed by atoms with E-state index in [9.17, 15) is 9.59 Å². The van der Waals surface area contributed by atoms with Gasteiger partial charge in [-0.25, -0.2) is 4.98 Å². The minimum absolute atomic E-state index is 0.0491. The Labute approximate surface area is 110 Å². The molecule has 104 valence electrons. The second-order valence-corrected chi connectivity index (χ2v) is 5.22. The molecule has 0 spiro atoms. The third-order valence-electron chi connectivity index (χ3n) is 3.27. The second-order valence-electron chi connectivity index (χ2n) is 5.22. The summed E-state index contributed by atoms with van der Waals surface area (Å²) >= 11 is 0. The van der Waals surface area contributed by atoms with E-state index in [0.29, 0.717) is 5.92 Å². The summed E-state index contributed by atoms with van der Waals surface area (Å²) in [6, 6.07) is 0. The molecule has 19 heavy (non-hydrogen) atoms. The molecule has 0 aliphatic heterocycles. The van der Waals surface area contributed by atoms with E-state index < -0.39 is 17.8 Å². The maximum atomic E-state index is 11.8. The minimum Gasteiger partial charge on any atom is -0.481 e. The van der Waals surface area contributed by atoms with Gasteiger partial charge in [-0.2, -0.15) is 0 Å². The molecular weight excluding hydrogens is 248 g/mol. The molecule has 1 fully saturated rings. The van der Waals surface area contributed by atoms with E-state index in [2.05, 4.69) is 20.5 Å². The number of rotatable bonds is 6. The van der Waals surface area contributed by atoms with Gasteiger partial charge < -0.3 is 10.4 Å². The number of carbonyl (C=O) groups is 2. The lowest BCUT2D eigenvalue weighted by atomic mass is 9.96. The van der Waals surface area contributed by atoms with E-state index >= 15 is 0 Å². The topological polar surface area (TPSA) is 108 Å². The van der Waals surface area contributed by atoms with E-state index in [0.717, 1.165) is 18.7 Å². The number of carboxylic acids is 1. The number of aromatic amines is 1. The van der Waals surface area contributed by atoms with Crippen LogP contribution in [0.5, 0.6) is 0 Å². The van der Waals surface area contributed by atoms with Crippen LogP contribution in [0, 0.1) is 11.8 Å². The normalized spacial score (nSPS) is 16.4. The predicted molar refractivity (Wildman–Crippen MR) is 66.7 cm³/mol. The average Bonchev–Trinajstić information content (AvgIpc) is 3.06. The highest BCUT2D eigenvalue weighted by Crippen LogP contribution is 2.37. The summed E-state index contributed by atoms with van der Waals surface area (Å²) in [5.41, 5.74) is 0. The number of aliphatic carboxylic acids is 1. The van der Waals surface area contributed by atoms with E-state index in [1.54, 1.807) is 0 Å². The van der Waals surface area contributed by atoms with Gasteiger partial charge in [0.15, 0.2) is 0 Å². The van der Waals surface area contributed by atoms with Gasteiger partial charge >= 0.3 is 5.97 Å². The van der Waals surface area contributed by atoms with Gasteiger partial charge in [0.2, 0.25) is 5.82 Å². The Morgan fingerprint density at radius 3 is 2.68 bits per heavy atom. The zero-order valence-corrected chi connectivity index (χ0v) is 11.0. The van der Waals surface area contributed by atoms with Crippen LogP contribution in [-0.2, 0) is 4.79 Å². The molecule has 1 saturated carbocycles. The van der Waals surface area contributed by atoms with Gasteiger partial charge in [0.1, 0.15) is 5.82 Å². The maximum absolute atomic E-state index is 11.8. The molecule has 0 saturated heterocycles. The lowest BCUT2D eigenvalue weighted by Gasteiger charge is -2.15. The lowest BCUT2D eigenvalue weighted by Crippen LogP contribution is -2.36. The van der Waals surface area contributed by atoms with Crippen LogP contribution < -0.4 is 5.32 Å². The summed E-state index contributed by atoms with van der Waals surface area (Å²) < 4.78 is 0. The quantitative estimate of drug-likeness (QED) is 0.704. The Morgan fingerprint density at radius 1 is 1.47 bits per heavy atom. The average molecular weight is 266 g/mol. The highest BCUT2D eigenvalue weighted by molar-refractivity contribution is 5.90.